The Balaban J connectivity index is 2.11. The Hall–Kier alpha value is -2.48. The van der Waals surface area contributed by atoms with Crippen LogP contribution in [-0.4, -0.2) is 35.1 Å². The van der Waals surface area contributed by atoms with Crippen molar-refractivity contribution in [1.82, 2.24) is 9.36 Å². The van der Waals surface area contributed by atoms with Crippen molar-refractivity contribution in [2.45, 2.75) is 51.7 Å². The first-order valence-corrected chi connectivity index (χ1v) is 9.63. The molecule has 1 saturated heterocycles. The molecule has 2 aromatic rings. The summed E-state index contributed by atoms with van der Waals surface area (Å²) in [7, 11) is 3.13. The van der Waals surface area contributed by atoms with Gasteiger partial charge >= 0.3 is 0 Å². The summed E-state index contributed by atoms with van der Waals surface area (Å²) in [6.07, 6.45) is 1.96. The highest BCUT2D eigenvalue weighted by molar-refractivity contribution is 5.97. The van der Waals surface area contributed by atoms with Crippen molar-refractivity contribution in [3.63, 3.8) is 0 Å². The molecule has 0 saturated carbocycles. The Morgan fingerprint density at radius 1 is 1.31 bits per heavy atom. The van der Waals surface area contributed by atoms with Gasteiger partial charge in [-0.25, -0.2) is 8.78 Å². The first-order chi connectivity index (χ1) is 13.6. The first kappa shape index (κ1) is 21.2. The minimum atomic E-state index is -0.943. The second-order valence-corrected chi connectivity index (χ2v) is 8.26. The lowest BCUT2D eigenvalue weighted by molar-refractivity contribution is 0.0885. The van der Waals surface area contributed by atoms with Crippen molar-refractivity contribution in [1.29, 1.82) is 0 Å². The molecule has 0 aliphatic carbocycles. The topological polar surface area (TPSA) is 57.8 Å². The molecule has 29 heavy (non-hydrogen) atoms. The molecular weight excluding hydrogens is 380 g/mol. The van der Waals surface area contributed by atoms with Crippen LogP contribution in [0.15, 0.2) is 23.2 Å². The number of rotatable bonds is 4. The van der Waals surface area contributed by atoms with E-state index in [0.717, 1.165) is 24.6 Å². The number of methoxy groups -OCH3 is 1. The van der Waals surface area contributed by atoms with E-state index in [0.29, 0.717) is 24.7 Å². The van der Waals surface area contributed by atoms with Gasteiger partial charge < -0.3 is 9.47 Å². The summed E-state index contributed by atoms with van der Waals surface area (Å²) in [6, 6.07) is 3.44. The van der Waals surface area contributed by atoms with E-state index in [9.17, 15) is 13.6 Å². The molecule has 0 N–H and O–H groups in total. The highest BCUT2D eigenvalue weighted by Crippen LogP contribution is 2.25. The van der Waals surface area contributed by atoms with Gasteiger partial charge in [0.1, 0.15) is 5.82 Å². The van der Waals surface area contributed by atoms with Crippen LogP contribution in [0.3, 0.4) is 0 Å². The van der Waals surface area contributed by atoms with E-state index in [1.165, 1.54) is 7.11 Å². The molecule has 1 aromatic carbocycles. The molecule has 8 heteroatoms. The van der Waals surface area contributed by atoms with Gasteiger partial charge in [0.25, 0.3) is 5.91 Å². The number of hydrogen-bond donors (Lipinski definition) is 0. The molecule has 6 nitrogen and oxygen atoms in total. The number of nitrogens with zero attached hydrogens (tertiary/aromatic N) is 3. The molecule has 158 valence electrons. The molecule has 3 rings (SSSR count). The highest BCUT2D eigenvalue weighted by Gasteiger charge is 2.24. The van der Waals surface area contributed by atoms with Gasteiger partial charge in [-0.3, -0.25) is 14.2 Å². The van der Waals surface area contributed by atoms with Crippen molar-refractivity contribution >= 4 is 5.91 Å². The Morgan fingerprint density at radius 2 is 2.03 bits per heavy atom. The van der Waals surface area contributed by atoms with Crippen molar-refractivity contribution in [2.24, 2.45) is 12.0 Å². The standard InChI is InChI=1S/C21H27F2N3O3/c1-21(2,3)17-11-18(26(25(17)4)12-14-7-6-8-29-14)24-20(27)15-9-13(22)10-16(23)19(15)28-5/h9-11,14H,6-8,12H2,1-5H3/b24-18+/t14-/m1/s1. The zero-order valence-electron chi connectivity index (χ0n) is 17.5. The van der Waals surface area contributed by atoms with Crippen molar-refractivity contribution < 1.29 is 23.0 Å². The number of amides is 1. The quantitative estimate of drug-likeness (QED) is 0.781. The van der Waals surface area contributed by atoms with Gasteiger partial charge in [0.2, 0.25) is 0 Å². The summed E-state index contributed by atoms with van der Waals surface area (Å²) in [5.41, 5.74) is 0.936. The summed E-state index contributed by atoms with van der Waals surface area (Å²) < 4.78 is 42.2. The lowest BCUT2D eigenvalue weighted by atomic mass is 9.92. The zero-order chi connectivity index (χ0) is 21.3. The average molecular weight is 407 g/mol. The predicted octanol–water partition coefficient (Wildman–Crippen LogP) is 3.33. The molecule has 1 aliphatic rings. The third kappa shape index (κ3) is 4.42. The third-order valence-corrected chi connectivity index (χ3v) is 5.07. The van der Waals surface area contributed by atoms with Gasteiger partial charge in [0, 0.05) is 36.9 Å². The molecule has 1 atom stereocenters. The number of carbonyl (C=O) groups is 1. The lowest BCUT2D eigenvalue weighted by Gasteiger charge is -2.21. The molecule has 1 aromatic heterocycles. The summed E-state index contributed by atoms with van der Waals surface area (Å²) in [6.45, 7) is 7.44. The third-order valence-electron chi connectivity index (χ3n) is 5.07. The lowest BCUT2D eigenvalue weighted by Crippen LogP contribution is -2.30. The fourth-order valence-corrected chi connectivity index (χ4v) is 3.65. The van der Waals surface area contributed by atoms with Crippen LogP contribution in [0.1, 0.15) is 49.7 Å². The second-order valence-electron chi connectivity index (χ2n) is 8.26. The molecule has 0 radical (unpaired) electrons. The van der Waals surface area contributed by atoms with Crippen LogP contribution in [0, 0.1) is 11.6 Å². The summed E-state index contributed by atoms with van der Waals surface area (Å²) in [5.74, 6) is -2.90. The molecule has 2 heterocycles. The van der Waals surface area contributed by atoms with Gasteiger partial charge in [0.05, 0.1) is 25.3 Å². The molecular formula is C21H27F2N3O3. The number of ether oxygens (including phenoxy) is 2. The molecule has 1 amide bonds. The summed E-state index contributed by atoms with van der Waals surface area (Å²) in [4.78, 5) is 17.0. The number of benzene rings is 1. The molecule has 0 spiro atoms. The minimum Gasteiger partial charge on any atom is -0.493 e. The van der Waals surface area contributed by atoms with E-state index in [1.54, 1.807) is 0 Å². The van der Waals surface area contributed by atoms with Crippen LogP contribution in [0.2, 0.25) is 0 Å². The molecule has 1 aliphatic heterocycles. The van der Waals surface area contributed by atoms with Crippen LogP contribution < -0.4 is 10.2 Å². The van der Waals surface area contributed by atoms with Gasteiger partial charge in [-0.15, -0.1) is 0 Å². The number of carbonyl (C=O) groups excluding carboxylic acids is 1. The number of hydrogen-bond acceptors (Lipinski definition) is 3. The minimum absolute atomic E-state index is 0.0339. The number of aromatic nitrogens is 2. The van der Waals surface area contributed by atoms with Gasteiger partial charge in [-0.1, -0.05) is 20.8 Å². The Kier molecular flexibility index (Phi) is 5.93. The molecule has 0 unspecified atom stereocenters. The van der Waals surface area contributed by atoms with E-state index in [2.05, 4.69) is 25.8 Å². The Morgan fingerprint density at radius 3 is 2.62 bits per heavy atom. The first-order valence-electron chi connectivity index (χ1n) is 9.63. The maximum atomic E-state index is 14.0. The van der Waals surface area contributed by atoms with Crippen molar-refractivity contribution in [2.75, 3.05) is 13.7 Å². The molecule has 0 bridgehead atoms. The van der Waals surface area contributed by atoms with E-state index in [1.807, 2.05) is 22.5 Å². The second kappa shape index (κ2) is 8.10. The Labute approximate surface area is 168 Å². The van der Waals surface area contributed by atoms with E-state index >= 15 is 0 Å². The average Bonchev–Trinajstić information content (AvgIpc) is 3.24. The smallest absolute Gasteiger partial charge is 0.282 e. The Bertz CT molecular complexity index is 980. The van der Waals surface area contributed by atoms with Crippen molar-refractivity contribution in [3.05, 3.63) is 46.6 Å². The van der Waals surface area contributed by atoms with Gasteiger partial charge in [0.15, 0.2) is 17.1 Å². The maximum absolute atomic E-state index is 14.0. The highest BCUT2D eigenvalue weighted by atomic mass is 19.1. The van der Waals surface area contributed by atoms with Crippen LogP contribution in [-0.2, 0) is 23.7 Å². The summed E-state index contributed by atoms with van der Waals surface area (Å²) in [5, 5.41) is 0. The van der Waals surface area contributed by atoms with E-state index < -0.39 is 17.5 Å². The fraction of sp³-hybridized carbons (Fsp3) is 0.524. The van der Waals surface area contributed by atoms with E-state index in [-0.39, 0.29) is 22.8 Å². The zero-order valence-corrected chi connectivity index (χ0v) is 17.5. The van der Waals surface area contributed by atoms with E-state index in [4.69, 9.17) is 9.47 Å². The predicted molar refractivity (Wildman–Crippen MR) is 104 cm³/mol. The van der Waals surface area contributed by atoms with Gasteiger partial charge in [-0.05, 0) is 18.9 Å². The van der Waals surface area contributed by atoms with Crippen LogP contribution >= 0.6 is 0 Å². The molecule has 1 fully saturated rings. The van der Waals surface area contributed by atoms with Crippen molar-refractivity contribution in [3.8, 4) is 5.75 Å². The normalized spacial score (nSPS) is 17.8. The number of halogens is 2. The SMILES string of the molecule is COc1c(F)cc(F)cc1C(=O)/N=c1\cc(C(C)(C)C)n(C)n1C[C@H]1CCCO1. The van der Waals surface area contributed by atoms with Gasteiger partial charge in [-0.2, -0.15) is 4.99 Å². The van der Waals surface area contributed by atoms with Crippen LogP contribution in [0.5, 0.6) is 5.75 Å². The maximum Gasteiger partial charge on any atom is 0.282 e. The monoisotopic (exact) mass is 407 g/mol. The largest absolute Gasteiger partial charge is 0.493 e. The van der Waals surface area contributed by atoms with Crippen LogP contribution in [0.25, 0.3) is 0 Å². The fourth-order valence-electron chi connectivity index (χ4n) is 3.65. The summed E-state index contributed by atoms with van der Waals surface area (Å²) >= 11 is 0. The van der Waals surface area contributed by atoms with Crippen LogP contribution in [0.4, 0.5) is 8.78 Å².